The number of pyridine rings is 1. The summed E-state index contributed by atoms with van der Waals surface area (Å²) >= 11 is 5.77. The van der Waals surface area contributed by atoms with Crippen LogP contribution in [0.2, 0.25) is 5.15 Å². The molecular weight excluding hydrogens is 266 g/mol. The van der Waals surface area contributed by atoms with E-state index in [1.165, 1.54) is 12.1 Å². The van der Waals surface area contributed by atoms with E-state index >= 15 is 0 Å². The summed E-state index contributed by atoms with van der Waals surface area (Å²) < 4.78 is 0. The molecule has 5 nitrogen and oxygen atoms in total. The second kappa shape index (κ2) is 6.15. The van der Waals surface area contributed by atoms with Gasteiger partial charge < -0.3 is 5.32 Å². The number of rotatable bonds is 5. The summed E-state index contributed by atoms with van der Waals surface area (Å²) in [6, 6.07) is 10.1. The molecule has 0 bridgehead atoms. The van der Waals surface area contributed by atoms with Crippen molar-refractivity contribution in [3.05, 3.63) is 63.4 Å². The predicted octanol–water partition coefficient (Wildman–Crippen LogP) is 3.30. The molecule has 2 aromatic rings. The molecule has 0 atom stereocenters. The monoisotopic (exact) mass is 277 g/mol. The van der Waals surface area contributed by atoms with Gasteiger partial charge in [0.2, 0.25) is 0 Å². The summed E-state index contributed by atoms with van der Waals surface area (Å²) in [7, 11) is 0. The topological polar surface area (TPSA) is 68.1 Å². The third-order valence-electron chi connectivity index (χ3n) is 2.62. The number of nitro groups is 1. The fraction of sp³-hybridized carbons (Fsp3) is 0.154. The van der Waals surface area contributed by atoms with Gasteiger partial charge in [0.25, 0.3) is 5.69 Å². The van der Waals surface area contributed by atoms with Gasteiger partial charge in [-0.25, -0.2) is 4.98 Å². The van der Waals surface area contributed by atoms with Crippen molar-refractivity contribution < 1.29 is 4.92 Å². The maximum atomic E-state index is 10.5. The number of nitrogens with zero attached hydrogens (tertiary/aromatic N) is 2. The molecule has 0 amide bonds. The Hall–Kier alpha value is -2.14. The molecule has 2 rings (SSSR count). The van der Waals surface area contributed by atoms with Crippen LogP contribution < -0.4 is 5.32 Å². The highest BCUT2D eigenvalue weighted by atomic mass is 35.5. The Morgan fingerprint density at radius 3 is 2.63 bits per heavy atom. The molecule has 19 heavy (non-hydrogen) atoms. The van der Waals surface area contributed by atoms with E-state index in [4.69, 9.17) is 11.6 Å². The zero-order chi connectivity index (χ0) is 13.7. The van der Waals surface area contributed by atoms with Crippen molar-refractivity contribution in [3.63, 3.8) is 0 Å². The van der Waals surface area contributed by atoms with Crippen molar-refractivity contribution in [2.75, 3.05) is 11.9 Å². The van der Waals surface area contributed by atoms with Gasteiger partial charge in [-0.15, -0.1) is 0 Å². The van der Waals surface area contributed by atoms with Gasteiger partial charge in [0.15, 0.2) is 0 Å². The van der Waals surface area contributed by atoms with Gasteiger partial charge >= 0.3 is 0 Å². The normalized spacial score (nSPS) is 10.2. The molecule has 0 aliphatic heterocycles. The molecule has 0 spiro atoms. The number of non-ortho nitro benzene ring substituents is 1. The van der Waals surface area contributed by atoms with Crippen molar-refractivity contribution in [1.82, 2.24) is 4.98 Å². The molecule has 6 heteroatoms. The molecule has 0 radical (unpaired) electrons. The lowest BCUT2D eigenvalue weighted by atomic mass is 10.1. The summed E-state index contributed by atoms with van der Waals surface area (Å²) in [5, 5.41) is 14.2. The zero-order valence-corrected chi connectivity index (χ0v) is 10.8. The molecule has 1 aromatic carbocycles. The van der Waals surface area contributed by atoms with E-state index in [0.29, 0.717) is 5.15 Å². The lowest BCUT2D eigenvalue weighted by Gasteiger charge is -2.06. The Bertz CT molecular complexity index is 572. The fourth-order valence-electron chi connectivity index (χ4n) is 1.65. The Labute approximate surface area is 115 Å². The van der Waals surface area contributed by atoms with Gasteiger partial charge in [-0.3, -0.25) is 10.1 Å². The quantitative estimate of drug-likeness (QED) is 0.517. The average Bonchev–Trinajstić information content (AvgIpc) is 2.39. The van der Waals surface area contributed by atoms with Crippen molar-refractivity contribution >= 4 is 23.0 Å². The SMILES string of the molecule is O=[N+]([O-])c1ccc(CCNc2ccnc(Cl)c2)cc1. The average molecular weight is 278 g/mol. The van der Waals surface area contributed by atoms with E-state index in [9.17, 15) is 10.1 Å². The Morgan fingerprint density at radius 1 is 1.26 bits per heavy atom. The van der Waals surface area contributed by atoms with E-state index in [-0.39, 0.29) is 5.69 Å². The molecule has 1 heterocycles. The third-order valence-corrected chi connectivity index (χ3v) is 2.82. The largest absolute Gasteiger partial charge is 0.385 e. The van der Waals surface area contributed by atoms with Crippen LogP contribution in [0.1, 0.15) is 5.56 Å². The molecule has 0 saturated carbocycles. The Morgan fingerprint density at radius 2 is 2.00 bits per heavy atom. The first-order valence-electron chi connectivity index (χ1n) is 5.74. The predicted molar refractivity (Wildman–Crippen MR) is 74.5 cm³/mol. The van der Waals surface area contributed by atoms with E-state index in [2.05, 4.69) is 10.3 Å². The first kappa shape index (κ1) is 13.3. The maximum absolute atomic E-state index is 10.5. The minimum Gasteiger partial charge on any atom is -0.385 e. The van der Waals surface area contributed by atoms with Crippen molar-refractivity contribution in [2.24, 2.45) is 0 Å². The van der Waals surface area contributed by atoms with Crippen molar-refractivity contribution in [2.45, 2.75) is 6.42 Å². The molecule has 0 unspecified atom stereocenters. The van der Waals surface area contributed by atoms with Gasteiger partial charge in [-0.05, 0) is 24.1 Å². The molecule has 0 fully saturated rings. The molecule has 1 N–H and O–H groups in total. The van der Waals surface area contributed by atoms with Crippen LogP contribution in [0, 0.1) is 10.1 Å². The number of nitro benzene ring substituents is 1. The molecule has 98 valence electrons. The number of aromatic nitrogens is 1. The van der Waals surface area contributed by atoms with Crippen molar-refractivity contribution in [1.29, 1.82) is 0 Å². The maximum Gasteiger partial charge on any atom is 0.269 e. The van der Waals surface area contributed by atoms with Crippen LogP contribution in [0.5, 0.6) is 0 Å². The van der Waals surface area contributed by atoms with Crippen LogP contribution in [-0.4, -0.2) is 16.5 Å². The minimum absolute atomic E-state index is 0.109. The van der Waals surface area contributed by atoms with Gasteiger partial charge in [-0.1, -0.05) is 23.7 Å². The van der Waals surface area contributed by atoms with Crippen LogP contribution in [0.15, 0.2) is 42.6 Å². The standard InChI is InChI=1S/C13H12ClN3O2/c14-13-9-11(6-8-16-13)15-7-5-10-1-3-12(4-2-10)17(18)19/h1-4,6,8-9H,5,7H2,(H,15,16). The smallest absolute Gasteiger partial charge is 0.269 e. The van der Waals surface area contributed by atoms with Crippen LogP contribution >= 0.6 is 11.6 Å². The molecule has 0 aliphatic rings. The molecular formula is C13H12ClN3O2. The van der Waals surface area contributed by atoms with Crippen LogP contribution in [-0.2, 0) is 6.42 Å². The summed E-state index contributed by atoms with van der Waals surface area (Å²) in [6.45, 7) is 0.720. The van der Waals surface area contributed by atoms with Gasteiger partial charge in [0.1, 0.15) is 5.15 Å². The van der Waals surface area contributed by atoms with E-state index in [1.807, 2.05) is 6.07 Å². The van der Waals surface area contributed by atoms with Gasteiger partial charge in [-0.2, -0.15) is 0 Å². The molecule has 0 aliphatic carbocycles. The van der Waals surface area contributed by atoms with Gasteiger partial charge in [0, 0.05) is 30.6 Å². The fourth-order valence-corrected chi connectivity index (χ4v) is 1.82. The summed E-state index contributed by atoms with van der Waals surface area (Å²) in [6.07, 6.45) is 2.41. The summed E-state index contributed by atoms with van der Waals surface area (Å²) in [4.78, 5) is 14.0. The second-order valence-electron chi connectivity index (χ2n) is 3.97. The molecule has 1 aromatic heterocycles. The highest BCUT2D eigenvalue weighted by Crippen LogP contribution is 2.14. The number of hydrogen-bond acceptors (Lipinski definition) is 4. The van der Waals surface area contributed by atoms with E-state index in [1.54, 1.807) is 24.4 Å². The first-order valence-corrected chi connectivity index (χ1v) is 6.12. The lowest BCUT2D eigenvalue weighted by Crippen LogP contribution is -2.04. The third kappa shape index (κ3) is 3.93. The van der Waals surface area contributed by atoms with E-state index < -0.39 is 4.92 Å². The zero-order valence-electron chi connectivity index (χ0n) is 10.0. The van der Waals surface area contributed by atoms with Crippen LogP contribution in [0.25, 0.3) is 0 Å². The van der Waals surface area contributed by atoms with Crippen LogP contribution in [0.3, 0.4) is 0 Å². The number of hydrogen-bond donors (Lipinski definition) is 1. The summed E-state index contributed by atoms with van der Waals surface area (Å²) in [5.41, 5.74) is 2.05. The number of benzene rings is 1. The Balaban J connectivity index is 1.87. The lowest BCUT2D eigenvalue weighted by molar-refractivity contribution is -0.384. The number of halogens is 1. The number of nitrogens with one attached hydrogen (secondary N) is 1. The highest BCUT2D eigenvalue weighted by Gasteiger charge is 2.03. The Kier molecular flexibility index (Phi) is 4.30. The first-order chi connectivity index (χ1) is 9.15. The second-order valence-corrected chi connectivity index (χ2v) is 4.35. The number of anilines is 1. The van der Waals surface area contributed by atoms with E-state index in [0.717, 1.165) is 24.2 Å². The summed E-state index contributed by atoms with van der Waals surface area (Å²) in [5.74, 6) is 0. The van der Waals surface area contributed by atoms with Gasteiger partial charge in [0.05, 0.1) is 4.92 Å². The molecule has 0 saturated heterocycles. The minimum atomic E-state index is -0.402. The van der Waals surface area contributed by atoms with Crippen molar-refractivity contribution in [3.8, 4) is 0 Å². The highest BCUT2D eigenvalue weighted by molar-refractivity contribution is 6.29. The van der Waals surface area contributed by atoms with Crippen LogP contribution in [0.4, 0.5) is 11.4 Å².